The molecule has 2 N–H and O–H groups in total. The van der Waals surface area contributed by atoms with Crippen LogP contribution < -0.4 is 4.72 Å². The van der Waals surface area contributed by atoms with Crippen LogP contribution in [0.5, 0.6) is 0 Å². The summed E-state index contributed by atoms with van der Waals surface area (Å²) in [6.45, 7) is 0.0457. The number of rotatable bonds is 4. The molecular formula is C12H14F2N2O4S. The smallest absolute Gasteiger partial charge is 0.322 e. The topological polar surface area (TPSA) is 86.7 Å². The third-order valence-electron chi connectivity index (χ3n) is 3.16. The van der Waals surface area contributed by atoms with Gasteiger partial charge in [0.2, 0.25) is 0 Å². The second-order valence-corrected chi connectivity index (χ2v) is 6.35. The van der Waals surface area contributed by atoms with Crippen molar-refractivity contribution in [2.45, 2.75) is 25.3 Å². The van der Waals surface area contributed by atoms with Gasteiger partial charge in [-0.05, 0) is 31.4 Å². The molecule has 1 aliphatic heterocycles. The molecule has 1 fully saturated rings. The normalized spacial score (nSPS) is 20.2. The number of halogens is 2. The molecule has 2 rings (SSSR count). The van der Waals surface area contributed by atoms with Gasteiger partial charge in [0.15, 0.2) is 0 Å². The summed E-state index contributed by atoms with van der Waals surface area (Å²) >= 11 is 0. The highest BCUT2D eigenvalue weighted by Gasteiger charge is 2.36. The average Bonchev–Trinajstić information content (AvgIpc) is 2.36. The number of piperidine rings is 1. The highest BCUT2D eigenvalue weighted by atomic mass is 32.2. The summed E-state index contributed by atoms with van der Waals surface area (Å²) in [5.74, 6) is -3.10. The van der Waals surface area contributed by atoms with Crippen molar-refractivity contribution in [3.05, 3.63) is 29.8 Å². The summed E-state index contributed by atoms with van der Waals surface area (Å²) in [5.41, 5.74) is -0.290. The molecule has 1 heterocycles. The highest BCUT2D eigenvalue weighted by molar-refractivity contribution is 7.90. The maximum Gasteiger partial charge on any atom is 0.322 e. The third kappa shape index (κ3) is 3.67. The first-order chi connectivity index (χ1) is 9.79. The highest BCUT2D eigenvalue weighted by Crippen LogP contribution is 2.23. The van der Waals surface area contributed by atoms with Crippen LogP contribution in [0.3, 0.4) is 0 Å². The van der Waals surface area contributed by atoms with E-state index in [2.05, 4.69) is 0 Å². The zero-order valence-electron chi connectivity index (χ0n) is 10.9. The van der Waals surface area contributed by atoms with Crippen LogP contribution in [0.4, 0.5) is 14.5 Å². The first kappa shape index (κ1) is 15.6. The largest absolute Gasteiger partial charge is 0.480 e. The lowest BCUT2D eigenvalue weighted by molar-refractivity contribution is -0.142. The molecule has 0 bridgehead atoms. The molecule has 6 nitrogen and oxygen atoms in total. The van der Waals surface area contributed by atoms with Gasteiger partial charge in [-0.15, -0.1) is 0 Å². The van der Waals surface area contributed by atoms with Gasteiger partial charge < -0.3 is 5.11 Å². The van der Waals surface area contributed by atoms with E-state index in [-0.39, 0.29) is 18.7 Å². The number of carboxylic acids is 1. The Bertz CT molecular complexity index is 630. The quantitative estimate of drug-likeness (QED) is 0.881. The van der Waals surface area contributed by atoms with Crippen LogP contribution in [0.25, 0.3) is 0 Å². The first-order valence-corrected chi connectivity index (χ1v) is 7.72. The van der Waals surface area contributed by atoms with E-state index in [1.807, 2.05) is 4.72 Å². The fourth-order valence-corrected chi connectivity index (χ4v) is 3.69. The lowest BCUT2D eigenvalue weighted by Crippen LogP contribution is -2.49. The van der Waals surface area contributed by atoms with E-state index in [1.165, 1.54) is 0 Å². The maximum atomic E-state index is 13.1. The van der Waals surface area contributed by atoms with Gasteiger partial charge in [-0.2, -0.15) is 12.7 Å². The van der Waals surface area contributed by atoms with Crippen LogP contribution in [-0.2, 0) is 15.0 Å². The third-order valence-corrected chi connectivity index (χ3v) is 4.71. The van der Waals surface area contributed by atoms with Gasteiger partial charge in [-0.1, -0.05) is 0 Å². The number of carboxylic acid groups (broad SMARTS) is 1. The molecule has 1 aromatic carbocycles. The number of anilines is 1. The molecule has 0 amide bonds. The van der Waals surface area contributed by atoms with Gasteiger partial charge in [0.05, 0.1) is 5.69 Å². The van der Waals surface area contributed by atoms with Crippen LogP contribution in [0.1, 0.15) is 19.3 Å². The summed E-state index contributed by atoms with van der Waals surface area (Å²) in [5, 5.41) is 9.07. The number of nitrogens with one attached hydrogen (secondary N) is 1. The van der Waals surface area contributed by atoms with E-state index in [4.69, 9.17) is 5.11 Å². The van der Waals surface area contributed by atoms with Crippen LogP contribution in [-0.4, -0.2) is 36.4 Å². The molecule has 21 heavy (non-hydrogen) atoms. The predicted octanol–water partition coefficient (Wildman–Crippen LogP) is 1.56. The standard InChI is InChI=1S/C12H14F2N2O4S/c13-8-5-9(14)7-10(6-8)15-21(19,20)16-4-2-1-3-11(16)12(17)18/h5-7,11,15H,1-4H2,(H,17,18). The Kier molecular flexibility index (Phi) is 4.43. The maximum absolute atomic E-state index is 13.1. The van der Waals surface area contributed by atoms with Crippen molar-refractivity contribution in [3.8, 4) is 0 Å². The minimum Gasteiger partial charge on any atom is -0.480 e. The minimum absolute atomic E-state index is 0.0457. The number of aliphatic carboxylic acids is 1. The van der Waals surface area contributed by atoms with Gasteiger partial charge in [0.25, 0.3) is 0 Å². The van der Waals surface area contributed by atoms with Crippen LogP contribution >= 0.6 is 0 Å². The molecule has 0 saturated carbocycles. The van der Waals surface area contributed by atoms with E-state index in [0.29, 0.717) is 18.9 Å². The molecular weight excluding hydrogens is 306 g/mol. The fourth-order valence-electron chi connectivity index (χ4n) is 2.26. The minimum atomic E-state index is -4.19. The number of hydrogen-bond donors (Lipinski definition) is 2. The van der Waals surface area contributed by atoms with Gasteiger partial charge in [-0.25, -0.2) is 8.78 Å². The Balaban J connectivity index is 2.26. The van der Waals surface area contributed by atoms with Crippen LogP contribution in [0.15, 0.2) is 18.2 Å². The van der Waals surface area contributed by atoms with Crippen molar-refractivity contribution in [3.63, 3.8) is 0 Å². The molecule has 0 spiro atoms. The molecule has 116 valence electrons. The van der Waals surface area contributed by atoms with Gasteiger partial charge in [-0.3, -0.25) is 9.52 Å². The number of carbonyl (C=O) groups is 1. The van der Waals surface area contributed by atoms with E-state index < -0.39 is 33.9 Å². The Labute approximate surface area is 120 Å². The van der Waals surface area contributed by atoms with Gasteiger partial charge in [0, 0.05) is 12.6 Å². The monoisotopic (exact) mass is 320 g/mol. The second-order valence-electron chi connectivity index (χ2n) is 4.73. The van der Waals surface area contributed by atoms with E-state index in [1.54, 1.807) is 0 Å². The molecule has 1 atom stereocenters. The molecule has 0 aromatic heterocycles. The van der Waals surface area contributed by atoms with Gasteiger partial charge >= 0.3 is 16.2 Å². The van der Waals surface area contributed by atoms with E-state index in [9.17, 15) is 22.0 Å². The van der Waals surface area contributed by atoms with Crippen molar-refractivity contribution in [2.24, 2.45) is 0 Å². The number of hydrogen-bond acceptors (Lipinski definition) is 3. The Morgan fingerprint density at radius 3 is 2.43 bits per heavy atom. The molecule has 1 saturated heterocycles. The summed E-state index contributed by atoms with van der Waals surface area (Å²) in [6, 6.07) is 1.08. The summed E-state index contributed by atoms with van der Waals surface area (Å²) in [4.78, 5) is 11.1. The Morgan fingerprint density at radius 2 is 1.86 bits per heavy atom. The average molecular weight is 320 g/mol. The van der Waals surface area contributed by atoms with Crippen LogP contribution in [0.2, 0.25) is 0 Å². The molecule has 1 aromatic rings. The van der Waals surface area contributed by atoms with E-state index in [0.717, 1.165) is 16.4 Å². The SMILES string of the molecule is O=C(O)C1CCCCN1S(=O)(=O)Nc1cc(F)cc(F)c1. The molecule has 1 aliphatic rings. The lowest BCUT2D eigenvalue weighted by atomic mass is 10.1. The van der Waals surface area contributed by atoms with Crippen molar-refractivity contribution in [1.29, 1.82) is 0 Å². The predicted molar refractivity (Wildman–Crippen MR) is 70.9 cm³/mol. The Morgan fingerprint density at radius 1 is 1.24 bits per heavy atom. The summed E-state index contributed by atoms with van der Waals surface area (Å²) in [6.07, 6.45) is 1.34. The molecule has 1 unspecified atom stereocenters. The van der Waals surface area contributed by atoms with E-state index >= 15 is 0 Å². The Hall–Kier alpha value is -1.74. The molecule has 9 heteroatoms. The second kappa shape index (κ2) is 5.94. The van der Waals surface area contributed by atoms with Crippen molar-refractivity contribution in [2.75, 3.05) is 11.3 Å². The molecule has 0 radical (unpaired) electrons. The van der Waals surface area contributed by atoms with Crippen LogP contribution in [0, 0.1) is 11.6 Å². The zero-order chi connectivity index (χ0) is 15.6. The summed E-state index contributed by atoms with van der Waals surface area (Å²) in [7, 11) is -4.19. The summed E-state index contributed by atoms with van der Waals surface area (Å²) < 4.78 is 53.4. The lowest BCUT2D eigenvalue weighted by Gasteiger charge is -2.31. The van der Waals surface area contributed by atoms with Crippen molar-refractivity contribution >= 4 is 21.9 Å². The number of nitrogens with zero attached hydrogens (tertiary/aromatic N) is 1. The first-order valence-electron chi connectivity index (χ1n) is 6.28. The zero-order valence-corrected chi connectivity index (χ0v) is 11.7. The molecule has 0 aliphatic carbocycles. The van der Waals surface area contributed by atoms with Crippen molar-refractivity contribution < 1.29 is 27.1 Å². The van der Waals surface area contributed by atoms with Gasteiger partial charge in [0.1, 0.15) is 17.7 Å². The number of benzene rings is 1. The van der Waals surface area contributed by atoms with Crippen molar-refractivity contribution in [1.82, 2.24) is 4.31 Å². The fraction of sp³-hybridized carbons (Fsp3) is 0.417.